The van der Waals surface area contributed by atoms with Gasteiger partial charge < -0.3 is 11.1 Å². The molecule has 1 atom stereocenters. The lowest BCUT2D eigenvalue weighted by atomic mass is 9.98. The number of nitrogens with zero attached hydrogens (tertiary/aromatic N) is 2. The number of benzene rings is 1. The van der Waals surface area contributed by atoms with E-state index in [-0.39, 0.29) is 11.8 Å². The lowest BCUT2D eigenvalue weighted by molar-refractivity contribution is -0.122. The number of rotatable bonds is 5. The van der Waals surface area contributed by atoms with E-state index in [4.69, 9.17) is 5.73 Å². The third-order valence-corrected chi connectivity index (χ3v) is 3.85. The summed E-state index contributed by atoms with van der Waals surface area (Å²) in [7, 11) is 1.90. The Morgan fingerprint density at radius 2 is 2.00 bits per heavy atom. The molecule has 3 N–H and O–H groups in total. The predicted octanol–water partition coefficient (Wildman–Crippen LogP) is 1.40. The highest BCUT2D eigenvalue weighted by Gasteiger charge is 2.19. The lowest BCUT2D eigenvalue weighted by Crippen LogP contribution is -2.33. The summed E-state index contributed by atoms with van der Waals surface area (Å²) < 4.78 is 1.83. The third kappa shape index (κ3) is 3.31. The van der Waals surface area contributed by atoms with Gasteiger partial charge in [-0.15, -0.1) is 0 Å². The molecule has 1 heterocycles. The van der Waals surface area contributed by atoms with Crippen LogP contribution in [0.3, 0.4) is 0 Å². The van der Waals surface area contributed by atoms with Crippen LogP contribution in [-0.2, 0) is 18.4 Å². The van der Waals surface area contributed by atoms with Crippen molar-refractivity contribution in [3.8, 4) is 0 Å². The summed E-state index contributed by atoms with van der Waals surface area (Å²) in [6, 6.07) is 9.62. The molecule has 5 heteroatoms. The van der Waals surface area contributed by atoms with Gasteiger partial charge in [-0.25, -0.2) is 0 Å². The minimum Gasteiger partial charge on any atom is -0.351 e. The molecule has 0 spiro atoms. The molecule has 112 valence electrons. The Balaban J connectivity index is 2.07. The van der Waals surface area contributed by atoms with Crippen molar-refractivity contribution >= 4 is 5.91 Å². The third-order valence-electron chi connectivity index (χ3n) is 3.85. The molecule has 0 saturated carbocycles. The number of aromatic nitrogens is 2. The number of aryl methyl sites for hydroxylation is 2. The van der Waals surface area contributed by atoms with E-state index < -0.39 is 0 Å². The van der Waals surface area contributed by atoms with E-state index in [1.54, 1.807) is 0 Å². The molecular formula is C16H22N4O. The second-order valence-corrected chi connectivity index (χ2v) is 5.19. The first-order valence-electron chi connectivity index (χ1n) is 7.06. The number of hydrogen-bond acceptors (Lipinski definition) is 3. The van der Waals surface area contributed by atoms with Gasteiger partial charge in [0.25, 0.3) is 0 Å². The minimum absolute atomic E-state index is 0.0497. The molecule has 0 aliphatic rings. The van der Waals surface area contributed by atoms with Gasteiger partial charge in [0.2, 0.25) is 5.91 Å². The van der Waals surface area contributed by atoms with Gasteiger partial charge in [-0.05, 0) is 19.4 Å². The normalized spacial score (nSPS) is 12.2. The minimum atomic E-state index is -0.316. The van der Waals surface area contributed by atoms with Crippen molar-refractivity contribution in [3.05, 3.63) is 52.8 Å². The van der Waals surface area contributed by atoms with Crippen LogP contribution in [0.4, 0.5) is 0 Å². The van der Waals surface area contributed by atoms with E-state index >= 15 is 0 Å². The van der Waals surface area contributed by atoms with Gasteiger partial charge in [-0.1, -0.05) is 30.3 Å². The van der Waals surface area contributed by atoms with Crippen molar-refractivity contribution in [2.24, 2.45) is 12.8 Å². The average Bonchev–Trinajstić information content (AvgIpc) is 2.72. The van der Waals surface area contributed by atoms with Crippen LogP contribution >= 0.6 is 0 Å². The molecule has 2 rings (SSSR count). The van der Waals surface area contributed by atoms with E-state index in [2.05, 4.69) is 10.4 Å². The monoisotopic (exact) mass is 286 g/mol. The molecule has 0 radical (unpaired) electrons. The SMILES string of the molecule is Cc1nn(C)c(C)c1CNC(=O)C(CN)c1ccccc1. The second-order valence-electron chi connectivity index (χ2n) is 5.19. The van der Waals surface area contributed by atoms with Gasteiger partial charge in [-0.3, -0.25) is 9.48 Å². The maximum Gasteiger partial charge on any atom is 0.229 e. The summed E-state index contributed by atoms with van der Waals surface area (Å²) >= 11 is 0. The van der Waals surface area contributed by atoms with Crippen LogP contribution in [0.5, 0.6) is 0 Å². The zero-order valence-electron chi connectivity index (χ0n) is 12.8. The molecule has 1 amide bonds. The van der Waals surface area contributed by atoms with E-state index in [1.165, 1.54) is 0 Å². The average molecular weight is 286 g/mol. The summed E-state index contributed by atoms with van der Waals surface area (Å²) in [5, 5.41) is 7.32. The Morgan fingerprint density at radius 1 is 1.33 bits per heavy atom. The molecule has 1 aromatic carbocycles. The molecule has 5 nitrogen and oxygen atoms in total. The Labute approximate surface area is 125 Å². The van der Waals surface area contributed by atoms with Gasteiger partial charge in [-0.2, -0.15) is 5.10 Å². The van der Waals surface area contributed by atoms with Crippen LogP contribution in [0.15, 0.2) is 30.3 Å². The van der Waals surface area contributed by atoms with Gasteiger partial charge in [0.1, 0.15) is 0 Å². The summed E-state index contributed by atoms with van der Waals surface area (Å²) in [6.07, 6.45) is 0. The zero-order chi connectivity index (χ0) is 15.4. The highest BCUT2D eigenvalue weighted by Crippen LogP contribution is 2.16. The first-order chi connectivity index (χ1) is 10.0. The second kappa shape index (κ2) is 6.54. The summed E-state index contributed by atoms with van der Waals surface area (Å²) in [6.45, 7) is 4.72. The maximum absolute atomic E-state index is 12.4. The molecule has 2 aromatic rings. The van der Waals surface area contributed by atoms with Crippen LogP contribution in [0.1, 0.15) is 28.4 Å². The Morgan fingerprint density at radius 3 is 2.52 bits per heavy atom. The number of nitrogens with two attached hydrogens (primary N) is 1. The highest BCUT2D eigenvalue weighted by molar-refractivity contribution is 5.83. The van der Waals surface area contributed by atoms with E-state index in [9.17, 15) is 4.79 Å². The van der Waals surface area contributed by atoms with Gasteiger partial charge in [0.05, 0.1) is 11.6 Å². The lowest BCUT2D eigenvalue weighted by Gasteiger charge is -2.15. The zero-order valence-corrected chi connectivity index (χ0v) is 12.8. The topological polar surface area (TPSA) is 72.9 Å². The Kier molecular flexibility index (Phi) is 4.75. The fourth-order valence-corrected chi connectivity index (χ4v) is 2.45. The van der Waals surface area contributed by atoms with Crippen molar-refractivity contribution in [2.75, 3.05) is 6.54 Å². The predicted molar refractivity (Wildman–Crippen MR) is 82.8 cm³/mol. The van der Waals surface area contributed by atoms with Gasteiger partial charge in [0, 0.05) is 31.4 Å². The number of nitrogens with one attached hydrogen (secondary N) is 1. The van der Waals surface area contributed by atoms with Crippen LogP contribution in [-0.4, -0.2) is 22.2 Å². The molecule has 21 heavy (non-hydrogen) atoms. The van der Waals surface area contributed by atoms with Crippen molar-refractivity contribution in [2.45, 2.75) is 26.3 Å². The van der Waals surface area contributed by atoms with E-state index in [0.29, 0.717) is 13.1 Å². The standard InChI is InChI=1S/C16H22N4O/c1-11-15(12(2)20(3)19-11)10-18-16(21)14(9-17)13-7-5-4-6-8-13/h4-8,14H,9-10,17H2,1-3H3,(H,18,21). The smallest absolute Gasteiger partial charge is 0.229 e. The molecule has 0 bridgehead atoms. The van der Waals surface area contributed by atoms with Crippen molar-refractivity contribution in [1.29, 1.82) is 0 Å². The Hall–Kier alpha value is -2.14. The highest BCUT2D eigenvalue weighted by atomic mass is 16.1. The largest absolute Gasteiger partial charge is 0.351 e. The first-order valence-corrected chi connectivity index (χ1v) is 7.06. The van der Waals surface area contributed by atoms with Crippen LogP contribution < -0.4 is 11.1 Å². The van der Waals surface area contributed by atoms with Crippen molar-refractivity contribution < 1.29 is 4.79 Å². The van der Waals surface area contributed by atoms with Crippen LogP contribution in [0.2, 0.25) is 0 Å². The fraction of sp³-hybridized carbons (Fsp3) is 0.375. The number of carbonyl (C=O) groups excluding carboxylic acids is 1. The van der Waals surface area contributed by atoms with Gasteiger partial charge >= 0.3 is 0 Å². The molecular weight excluding hydrogens is 264 g/mol. The van der Waals surface area contributed by atoms with E-state index in [1.807, 2.05) is 55.9 Å². The molecule has 0 aliphatic carbocycles. The summed E-state index contributed by atoms with van der Waals surface area (Å²) in [5.41, 5.74) is 9.78. The number of amides is 1. The van der Waals surface area contributed by atoms with Gasteiger partial charge in [0.15, 0.2) is 0 Å². The van der Waals surface area contributed by atoms with E-state index in [0.717, 1.165) is 22.5 Å². The van der Waals surface area contributed by atoms with Crippen LogP contribution in [0.25, 0.3) is 0 Å². The van der Waals surface area contributed by atoms with Crippen LogP contribution in [0, 0.1) is 13.8 Å². The molecule has 0 aliphatic heterocycles. The van der Waals surface area contributed by atoms with Crippen molar-refractivity contribution in [1.82, 2.24) is 15.1 Å². The first kappa shape index (κ1) is 15.3. The maximum atomic E-state index is 12.4. The quantitative estimate of drug-likeness (QED) is 0.872. The molecule has 1 unspecified atom stereocenters. The summed E-state index contributed by atoms with van der Waals surface area (Å²) in [5.74, 6) is -0.366. The summed E-state index contributed by atoms with van der Waals surface area (Å²) in [4.78, 5) is 12.4. The molecule has 0 saturated heterocycles. The van der Waals surface area contributed by atoms with Crippen molar-refractivity contribution in [3.63, 3.8) is 0 Å². The Bertz CT molecular complexity index is 619. The fourth-order valence-electron chi connectivity index (χ4n) is 2.45. The molecule has 1 aromatic heterocycles. The molecule has 0 fully saturated rings. The number of carbonyl (C=O) groups is 1. The number of hydrogen-bond donors (Lipinski definition) is 2.